The number of hydrogen-bond acceptors (Lipinski definition) is 5. The number of morpholine rings is 1. The fourth-order valence-corrected chi connectivity index (χ4v) is 5.33. The topological polar surface area (TPSA) is 54.5 Å². The van der Waals surface area contributed by atoms with Gasteiger partial charge < -0.3 is 25.4 Å². The predicted molar refractivity (Wildman–Crippen MR) is 113 cm³/mol. The van der Waals surface area contributed by atoms with Crippen LogP contribution in [0.3, 0.4) is 0 Å². The molecule has 28 heavy (non-hydrogen) atoms. The van der Waals surface area contributed by atoms with E-state index in [2.05, 4.69) is 53.2 Å². The average Bonchev–Trinajstić information content (AvgIpc) is 3.23. The first kappa shape index (κ1) is 20.3. The van der Waals surface area contributed by atoms with Gasteiger partial charge >= 0.3 is 0 Å². The zero-order valence-electron chi connectivity index (χ0n) is 17.3. The fourth-order valence-electron chi connectivity index (χ4n) is 5.33. The Morgan fingerprint density at radius 2 is 1.93 bits per heavy atom. The molecular weight excluding hydrogens is 350 g/mol. The van der Waals surface area contributed by atoms with Gasteiger partial charge in [0.1, 0.15) is 0 Å². The summed E-state index contributed by atoms with van der Waals surface area (Å²) in [6.07, 6.45) is 6.05. The van der Waals surface area contributed by atoms with Crippen LogP contribution < -0.4 is 16.0 Å². The van der Waals surface area contributed by atoms with Gasteiger partial charge in [-0.3, -0.25) is 0 Å². The van der Waals surface area contributed by atoms with Crippen molar-refractivity contribution in [2.75, 3.05) is 39.5 Å². The minimum Gasteiger partial charge on any atom is -0.381 e. The second kappa shape index (κ2) is 9.68. The van der Waals surface area contributed by atoms with Gasteiger partial charge in [-0.25, -0.2) is 0 Å². The maximum atomic E-state index is 5.74. The Morgan fingerprint density at radius 1 is 1.11 bits per heavy atom. The standard InChI is InChI=1S/C23H37N3O2/c1-18(19-6-3-2-4-7-19)26-23(10-13-27-14-11-23)17-25-21-9-5-8-20(21)22-16-28-15-12-24-22/h2-4,6-7,18,20-22,24-26H,5,8-17H2,1H3. The molecule has 0 amide bonds. The summed E-state index contributed by atoms with van der Waals surface area (Å²) in [4.78, 5) is 0. The van der Waals surface area contributed by atoms with E-state index in [4.69, 9.17) is 9.47 Å². The van der Waals surface area contributed by atoms with Crippen molar-refractivity contribution in [1.82, 2.24) is 16.0 Å². The Kier molecular flexibility index (Phi) is 7.02. The third-order valence-electron chi connectivity index (χ3n) is 7.01. The molecule has 5 heteroatoms. The van der Waals surface area contributed by atoms with E-state index in [1.54, 1.807) is 0 Å². The number of hydrogen-bond donors (Lipinski definition) is 3. The van der Waals surface area contributed by atoms with Crippen molar-refractivity contribution in [2.45, 2.75) is 62.7 Å². The number of rotatable bonds is 7. The molecular formula is C23H37N3O2. The van der Waals surface area contributed by atoms with Crippen molar-refractivity contribution < 1.29 is 9.47 Å². The molecule has 2 aliphatic heterocycles. The van der Waals surface area contributed by atoms with Gasteiger partial charge in [0.05, 0.1) is 13.2 Å². The molecule has 2 heterocycles. The molecule has 0 aromatic heterocycles. The van der Waals surface area contributed by atoms with Gasteiger partial charge in [-0.05, 0) is 44.1 Å². The third-order valence-corrected chi connectivity index (χ3v) is 7.01. The Hall–Kier alpha value is -0.980. The van der Waals surface area contributed by atoms with Crippen LogP contribution in [-0.2, 0) is 9.47 Å². The van der Waals surface area contributed by atoms with Gasteiger partial charge in [0.2, 0.25) is 0 Å². The predicted octanol–water partition coefficient (Wildman–Crippen LogP) is 2.63. The van der Waals surface area contributed by atoms with Crippen LogP contribution in [0.2, 0.25) is 0 Å². The van der Waals surface area contributed by atoms with Gasteiger partial charge in [-0.1, -0.05) is 36.8 Å². The lowest BCUT2D eigenvalue weighted by Gasteiger charge is -2.42. The molecule has 3 N–H and O–H groups in total. The smallest absolute Gasteiger partial charge is 0.0623 e. The molecule has 0 spiro atoms. The van der Waals surface area contributed by atoms with Crippen LogP contribution in [0.4, 0.5) is 0 Å². The van der Waals surface area contributed by atoms with Crippen LogP contribution in [-0.4, -0.2) is 57.1 Å². The van der Waals surface area contributed by atoms with Gasteiger partial charge in [0.25, 0.3) is 0 Å². The first-order valence-corrected chi connectivity index (χ1v) is 11.2. The minimum absolute atomic E-state index is 0.108. The summed E-state index contributed by atoms with van der Waals surface area (Å²) in [7, 11) is 0. The van der Waals surface area contributed by atoms with Crippen LogP contribution >= 0.6 is 0 Å². The van der Waals surface area contributed by atoms with Gasteiger partial charge in [0, 0.05) is 50.0 Å². The Morgan fingerprint density at radius 3 is 2.68 bits per heavy atom. The Labute approximate surface area is 169 Å². The SMILES string of the molecule is CC(NC1(CNC2CCCC2C2COCCN2)CCOCC1)c1ccccc1. The molecule has 1 aromatic carbocycles. The summed E-state index contributed by atoms with van der Waals surface area (Å²) < 4.78 is 11.4. The molecule has 3 fully saturated rings. The van der Waals surface area contributed by atoms with Crippen LogP contribution in [0.1, 0.15) is 50.6 Å². The van der Waals surface area contributed by atoms with Crippen molar-refractivity contribution in [1.29, 1.82) is 0 Å². The van der Waals surface area contributed by atoms with E-state index in [0.717, 1.165) is 52.4 Å². The van der Waals surface area contributed by atoms with Crippen molar-refractivity contribution in [2.24, 2.45) is 5.92 Å². The molecule has 1 aromatic rings. The monoisotopic (exact) mass is 387 g/mol. The van der Waals surface area contributed by atoms with Crippen molar-refractivity contribution in [3.8, 4) is 0 Å². The number of ether oxygens (including phenoxy) is 2. The molecule has 4 atom stereocenters. The highest BCUT2D eigenvalue weighted by Crippen LogP contribution is 2.31. The minimum atomic E-state index is 0.108. The van der Waals surface area contributed by atoms with E-state index < -0.39 is 0 Å². The summed E-state index contributed by atoms with van der Waals surface area (Å²) in [5, 5.41) is 11.7. The largest absolute Gasteiger partial charge is 0.381 e. The maximum absolute atomic E-state index is 5.74. The molecule has 0 bridgehead atoms. The summed E-state index contributed by atoms with van der Waals surface area (Å²) in [6, 6.07) is 12.2. The maximum Gasteiger partial charge on any atom is 0.0623 e. The zero-order chi connectivity index (χ0) is 19.2. The molecule has 1 saturated carbocycles. The fraction of sp³-hybridized carbons (Fsp3) is 0.739. The van der Waals surface area contributed by atoms with E-state index >= 15 is 0 Å². The quantitative estimate of drug-likeness (QED) is 0.672. The van der Waals surface area contributed by atoms with Crippen molar-refractivity contribution >= 4 is 0 Å². The second-order valence-electron chi connectivity index (χ2n) is 8.89. The molecule has 3 aliphatic rings. The van der Waals surface area contributed by atoms with Crippen LogP contribution in [0.25, 0.3) is 0 Å². The summed E-state index contributed by atoms with van der Waals surface area (Å²) >= 11 is 0. The van der Waals surface area contributed by atoms with E-state index in [-0.39, 0.29) is 5.54 Å². The van der Waals surface area contributed by atoms with Crippen molar-refractivity contribution in [3.05, 3.63) is 35.9 Å². The Balaban J connectivity index is 1.38. The molecule has 5 nitrogen and oxygen atoms in total. The normalized spacial score (nSPS) is 31.5. The highest BCUT2D eigenvalue weighted by Gasteiger charge is 2.38. The summed E-state index contributed by atoms with van der Waals surface area (Å²) in [5.74, 6) is 0.684. The lowest BCUT2D eigenvalue weighted by atomic mass is 9.87. The van der Waals surface area contributed by atoms with E-state index in [0.29, 0.717) is 24.0 Å². The van der Waals surface area contributed by atoms with Gasteiger partial charge in [-0.15, -0.1) is 0 Å². The lowest BCUT2D eigenvalue weighted by molar-refractivity contribution is 0.0290. The highest BCUT2D eigenvalue weighted by atomic mass is 16.5. The lowest BCUT2D eigenvalue weighted by Crippen LogP contribution is -2.59. The van der Waals surface area contributed by atoms with Crippen LogP contribution in [0.5, 0.6) is 0 Å². The molecule has 0 radical (unpaired) electrons. The molecule has 1 aliphatic carbocycles. The average molecular weight is 388 g/mol. The number of nitrogens with one attached hydrogen (secondary N) is 3. The Bertz CT molecular complexity index is 585. The van der Waals surface area contributed by atoms with Gasteiger partial charge in [-0.2, -0.15) is 0 Å². The molecule has 4 rings (SSSR count). The number of benzene rings is 1. The second-order valence-corrected chi connectivity index (χ2v) is 8.89. The molecule has 156 valence electrons. The van der Waals surface area contributed by atoms with Crippen LogP contribution in [0, 0.1) is 5.92 Å². The molecule has 4 unspecified atom stereocenters. The van der Waals surface area contributed by atoms with Crippen molar-refractivity contribution in [3.63, 3.8) is 0 Å². The third kappa shape index (κ3) is 4.95. The van der Waals surface area contributed by atoms with Gasteiger partial charge in [0.15, 0.2) is 0 Å². The zero-order valence-corrected chi connectivity index (χ0v) is 17.3. The van der Waals surface area contributed by atoms with E-state index in [1.165, 1.54) is 24.8 Å². The summed E-state index contributed by atoms with van der Waals surface area (Å²) in [6.45, 7) is 7.71. The first-order valence-electron chi connectivity index (χ1n) is 11.2. The van der Waals surface area contributed by atoms with Crippen LogP contribution in [0.15, 0.2) is 30.3 Å². The summed E-state index contributed by atoms with van der Waals surface area (Å²) in [5.41, 5.74) is 1.47. The highest BCUT2D eigenvalue weighted by molar-refractivity contribution is 5.19. The molecule has 2 saturated heterocycles. The van der Waals surface area contributed by atoms with E-state index in [9.17, 15) is 0 Å². The van der Waals surface area contributed by atoms with E-state index in [1.807, 2.05) is 0 Å². The first-order chi connectivity index (χ1) is 13.8.